The molecule has 3 aromatic rings. The maximum absolute atomic E-state index is 11.1. The zero-order valence-electron chi connectivity index (χ0n) is 20.3. The summed E-state index contributed by atoms with van der Waals surface area (Å²) in [5.74, 6) is 1.63. The van der Waals surface area contributed by atoms with Gasteiger partial charge in [-0.05, 0) is 80.0 Å². The van der Waals surface area contributed by atoms with E-state index in [1.165, 1.54) is 11.1 Å². The molecule has 0 amide bonds. The summed E-state index contributed by atoms with van der Waals surface area (Å²) in [6.45, 7) is 7.69. The van der Waals surface area contributed by atoms with Crippen molar-refractivity contribution in [3.05, 3.63) is 64.5 Å². The van der Waals surface area contributed by atoms with Crippen LogP contribution < -0.4 is 10.1 Å². The number of hydrogen-bond acceptors (Lipinski definition) is 5. The summed E-state index contributed by atoms with van der Waals surface area (Å²) in [5.41, 5.74) is 6.54. The number of carboxylic acids is 1. The molecule has 0 spiro atoms. The van der Waals surface area contributed by atoms with E-state index < -0.39 is 5.97 Å². The molecular weight excluding hydrogens is 428 g/mol. The fourth-order valence-electron chi connectivity index (χ4n) is 4.59. The lowest BCUT2D eigenvalue weighted by Gasteiger charge is -2.10. The number of hydrogen-bond donors (Lipinski definition) is 2. The Labute approximate surface area is 201 Å². The fourth-order valence-corrected chi connectivity index (χ4v) is 4.59. The molecule has 2 N–H and O–H groups in total. The van der Waals surface area contributed by atoms with Gasteiger partial charge in [0.25, 0.3) is 0 Å². The van der Waals surface area contributed by atoms with Crippen LogP contribution in [0.15, 0.2) is 40.8 Å². The van der Waals surface area contributed by atoms with Crippen LogP contribution in [0, 0.1) is 13.8 Å². The van der Waals surface area contributed by atoms with Gasteiger partial charge >= 0.3 is 5.97 Å². The summed E-state index contributed by atoms with van der Waals surface area (Å²) < 4.78 is 12.0. The van der Waals surface area contributed by atoms with Gasteiger partial charge in [0.2, 0.25) is 5.89 Å². The van der Waals surface area contributed by atoms with Gasteiger partial charge in [-0.15, -0.1) is 0 Å². The Morgan fingerprint density at radius 1 is 1.24 bits per heavy atom. The summed E-state index contributed by atoms with van der Waals surface area (Å²) in [7, 11) is 0. The zero-order valence-corrected chi connectivity index (χ0v) is 20.3. The van der Waals surface area contributed by atoms with Crippen molar-refractivity contribution in [3.63, 3.8) is 0 Å². The molecule has 1 aromatic heterocycles. The molecule has 4 rings (SSSR count). The first-order chi connectivity index (χ1) is 16.4. The molecule has 0 unspecified atom stereocenters. The van der Waals surface area contributed by atoms with Crippen molar-refractivity contribution in [3.8, 4) is 17.2 Å². The van der Waals surface area contributed by atoms with Gasteiger partial charge in [-0.2, -0.15) is 0 Å². The molecule has 34 heavy (non-hydrogen) atoms. The van der Waals surface area contributed by atoms with Crippen LogP contribution in [0.25, 0.3) is 11.5 Å². The molecule has 0 aliphatic heterocycles. The summed E-state index contributed by atoms with van der Waals surface area (Å²) >= 11 is 0. The number of aliphatic carboxylic acids is 1. The van der Waals surface area contributed by atoms with E-state index in [0.717, 1.165) is 66.2 Å². The Morgan fingerprint density at radius 2 is 2.09 bits per heavy atom. The quantitative estimate of drug-likeness (QED) is 0.326. The minimum atomic E-state index is -0.741. The predicted molar refractivity (Wildman–Crippen MR) is 134 cm³/mol. The summed E-state index contributed by atoms with van der Waals surface area (Å²) in [5, 5.41) is 12.6. The Balaban J connectivity index is 1.37. The fraction of sp³-hybridized carbons (Fsp3) is 0.429. The number of anilines is 1. The van der Waals surface area contributed by atoms with E-state index >= 15 is 0 Å². The molecule has 2 aromatic carbocycles. The first-order valence-corrected chi connectivity index (χ1v) is 12.2. The highest BCUT2D eigenvalue weighted by Gasteiger charge is 2.25. The number of nitrogens with one attached hydrogen (secondary N) is 1. The minimum absolute atomic E-state index is 0.113. The van der Waals surface area contributed by atoms with Crippen LogP contribution in [0.3, 0.4) is 0 Å². The molecule has 0 saturated carbocycles. The molecule has 1 heterocycles. The number of benzene rings is 2. The Kier molecular flexibility index (Phi) is 7.56. The number of aryl methyl sites for hydroxylation is 3. The number of unbranched alkanes of at least 4 members (excludes halogenated alkanes) is 1. The molecule has 1 aliphatic carbocycles. The van der Waals surface area contributed by atoms with Crippen molar-refractivity contribution >= 4 is 11.7 Å². The monoisotopic (exact) mass is 462 g/mol. The van der Waals surface area contributed by atoms with E-state index in [1.807, 2.05) is 25.1 Å². The second-order valence-corrected chi connectivity index (χ2v) is 9.12. The summed E-state index contributed by atoms with van der Waals surface area (Å²) in [6, 6.07) is 12.3. The van der Waals surface area contributed by atoms with Crippen LogP contribution in [-0.4, -0.2) is 29.2 Å². The third-order valence-electron chi connectivity index (χ3n) is 6.57. The molecule has 6 heteroatoms. The van der Waals surface area contributed by atoms with Gasteiger partial charge < -0.3 is 19.6 Å². The van der Waals surface area contributed by atoms with Gasteiger partial charge in [-0.1, -0.05) is 25.5 Å². The van der Waals surface area contributed by atoms with Crippen molar-refractivity contribution in [2.24, 2.45) is 0 Å². The third-order valence-corrected chi connectivity index (χ3v) is 6.57. The number of carboxylic acid groups (broad SMARTS) is 1. The molecule has 0 bridgehead atoms. The van der Waals surface area contributed by atoms with Crippen molar-refractivity contribution < 1.29 is 19.1 Å². The number of oxazole rings is 1. The lowest BCUT2D eigenvalue weighted by Crippen LogP contribution is -2.04. The van der Waals surface area contributed by atoms with Crippen LogP contribution in [0.1, 0.15) is 66.7 Å². The molecule has 0 fully saturated rings. The lowest BCUT2D eigenvalue weighted by atomic mass is 9.98. The Bertz CT molecular complexity index is 1150. The first kappa shape index (κ1) is 23.9. The second kappa shape index (κ2) is 10.8. The number of aromatic nitrogens is 1. The Hall–Kier alpha value is -3.28. The average Bonchev–Trinajstić information content (AvgIpc) is 3.38. The molecule has 1 atom stereocenters. The van der Waals surface area contributed by atoms with Gasteiger partial charge in [0.05, 0.1) is 18.7 Å². The minimum Gasteiger partial charge on any atom is -0.493 e. The molecule has 0 saturated heterocycles. The second-order valence-electron chi connectivity index (χ2n) is 9.12. The van der Waals surface area contributed by atoms with Crippen LogP contribution in [-0.2, 0) is 17.6 Å². The van der Waals surface area contributed by atoms with Crippen molar-refractivity contribution in [1.29, 1.82) is 0 Å². The standard InChI is InChI=1S/C28H34N2O4/c1-4-5-13-29-26-16-22(7-6-18(26)2)28-30-25(19(3)34-28)12-14-33-23-10-11-24-20(15-23)8-9-21(24)17-27(31)32/h6-7,10-11,15-16,21,29H,4-5,8-9,12-14,17H2,1-3H3,(H,31,32)/t21-/m0/s1. The highest BCUT2D eigenvalue weighted by molar-refractivity contribution is 5.68. The predicted octanol–water partition coefficient (Wildman–Crippen LogP) is 6.30. The number of nitrogens with zero attached hydrogens (tertiary/aromatic N) is 1. The molecular formula is C28H34N2O4. The smallest absolute Gasteiger partial charge is 0.303 e. The van der Waals surface area contributed by atoms with E-state index in [4.69, 9.17) is 19.2 Å². The van der Waals surface area contributed by atoms with Crippen molar-refractivity contribution in [2.75, 3.05) is 18.5 Å². The van der Waals surface area contributed by atoms with Gasteiger partial charge in [-0.25, -0.2) is 4.98 Å². The van der Waals surface area contributed by atoms with E-state index in [-0.39, 0.29) is 12.3 Å². The highest BCUT2D eigenvalue weighted by atomic mass is 16.5. The topological polar surface area (TPSA) is 84.6 Å². The maximum Gasteiger partial charge on any atom is 0.303 e. The number of carbonyl (C=O) groups is 1. The van der Waals surface area contributed by atoms with Gasteiger partial charge in [0.1, 0.15) is 11.5 Å². The molecule has 1 aliphatic rings. The number of fused-ring (bicyclic) bond motifs is 1. The van der Waals surface area contributed by atoms with Crippen molar-refractivity contribution in [2.45, 2.75) is 65.2 Å². The molecule has 0 radical (unpaired) electrons. The molecule has 180 valence electrons. The summed E-state index contributed by atoms with van der Waals surface area (Å²) in [6.07, 6.45) is 4.94. The largest absolute Gasteiger partial charge is 0.493 e. The van der Waals surface area contributed by atoms with E-state index in [9.17, 15) is 4.79 Å². The van der Waals surface area contributed by atoms with E-state index in [2.05, 4.69) is 37.4 Å². The van der Waals surface area contributed by atoms with Crippen LogP contribution in [0.2, 0.25) is 0 Å². The van der Waals surface area contributed by atoms with E-state index in [0.29, 0.717) is 18.9 Å². The first-order valence-electron chi connectivity index (χ1n) is 12.2. The number of rotatable bonds is 11. The van der Waals surface area contributed by atoms with Gasteiger partial charge in [0.15, 0.2) is 0 Å². The lowest BCUT2D eigenvalue weighted by molar-refractivity contribution is -0.137. The Morgan fingerprint density at radius 3 is 2.88 bits per heavy atom. The van der Waals surface area contributed by atoms with Crippen LogP contribution >= 0.6 is 0 Å². The third kappa shape index (κ3) is 5.61. The van der Waals surface area contributed by atoms with Crippen LogP contribution in [0.5, 0.6) is 5.75 Å². The highest BCUT2D eigenvalue weighted by Crippen LogP contribution is 2.37. The zero-order chi connectivity index (χ0) is 24.1. The van der Waals surface area contributed by atoms with Gasteiger partial charge in [-0.3, -0.25) is 4.79 Å². The maximum atomic E-state index is 11.1. The average molecular weight is 463 g/mol. The summed E-state index contributed by atoms with van der Waals surface area (Å²) in [4.78, 5) is 15.8. The van der Waals surface area contributed by atoms with Crippen LogP contribution in [0.4, 0.5) is 5.69 Å². The van der Waals surface area contributed by atoms with E-state index in [1.54, 1.807) is 0 Å². The normalized spacial score (nSPS) is 14.7. The van der Waals surface area contributed by atoms with Crippen molar-refractivity contribution in [1.82, 2.24) is 4.98 Å². The molecule has 6 nitrogen and oxygen atoms in total. The SMILES string of the molecule is CCCCNc1cc(-c2nc(CCOc3ccc4c(c3)CC[C@H]4CC(=O)O)c(C)o2)ccc1C. The number of ether oxygens (including phenoxy) is 1. The van der Waals surface area contributed by atoms with Gasteiger partial charge in [0, 0.05) is 24.2 Å².